The molecule has 176 valence electrons. The number of aromatic nitrogens is 1. The van der Waals surface area contributed by atoms with Crippen molar-refractivity contribution in [3.8, 4) is 16.9 Å². The van der Waals surface area contributed by atoms with Crippen molar-refractivity contribution in [2.75, 3.05) is 6.61 Å². The highest BCUT2D eigenvalue weighted by Gasteiger charge is 2.18. The molecule has 4 aromatic rings. The number of rotatable bonds is 8. The van der Waals surface area contributed by atoms with E-state index in [0.29, 0.717) is 22.1 Å². The molecule has 34 heavy (non-hydrogen) atoms. The zero-order valence-corrected chi connectivity index (χ0v) is 18.2. The summed E-state index contributed by atoms with van der Waals surface area (Å²) in [5.41, 5.74) is 7.15. The normalized spacial score (nSPS) is 11.1. The van der Waals surface area contributed by atoms with Gasteiger partial charge in [0, 0.05) is 40.9 Å². The van der Waals surface area contributed by atoms with E-state index in [0.717, 1.165) is 0 Å². The van der Waals surface area contributed by atoms with Gasteiger partial charge in [0.15, 0.2) is 5.82 Å². The number of hydrogen-bond donors (Lipinski definition) is 1. The summed E-state index contributed by atoms with van der Waals surface area (Å²) in [6, 6.07) is 8.90. The zero-order chi connectivity index (χ0) is 24.2. The van der Waals surface area contributed by atoms with Gasteiger partial charge in [-0.25, -0.2) is 8.78 Å². The molecule has 0 aliphatic rings. The molecule has 0 unspecified atom stereocenters. The molecule has 9 heteroatoms. The van der Waals surface area contributed by atoms with Crippen molar-refractivity contribution in [3.05, 3.63) is 83.1 Å². The molecular weight excluding hydrogens is 449 g/mol. The number of carbonyl (C=O) groups is 1. The monoisotopic (exact) mass is 470 g/mol. The lowest BCUT2D eigenvalue weighted by atomic mass is 10.00. The molecule has 4 rings (SSSR count). The van der Waals surface area contributed by atoms with Crippen LogP contribution in [0, 0.1) is 17.6 Å². The quantitative estimate of drug-likeness (QED) is 0.363. The molecule has 0 fully saturated rings. The van der Waals surface area contributed by atoms with Crippen LogP contribution in [-0.2, 0) is 29.1 Å². The van der Waals surface area contributed by atoms with Gasteiger partial charge in [-0.2, -0.15) is 4.39 Å². The van der Waals surface area contributed by atoms with Crippen LogP contribution in [0.3, 0.4) is 0 Å². The molecule has 2 N–H and O–H groups in total. The van der Waals surface area contributed by atoms with Gasteiger partial charge in [0.1, 0.15) is 23.8 Å². The maximum Gasteiger partial charge on any atom is 0.310 e. The Hall–Kier alpha value is -3.85. The standard InChI is InChI=1S/C25H21F3N2O4/c1-2-32-23(31)11-15-9-17(26)3-4-21(15)33-13-14-7-16-10-22(27)34-25(16)19(8-14)18-5-6-30-20(12-29)24(18)28/h3-10H,2,11-13,29H2,1H3. The summed E-state index contributed by atoms with van der Waals surface area (Å²) in [4.78, 5) is 15.8. The Morgan fingerprint density at radius 3 is 2.68 bits per heavy atom. The molecule has 0 radical (unpaired) electrons. The van der Waals surface area contributed by atoms with Crippen LogP contribution in [-0.4, -0.2) is 17.6 Å². The van der Waals surface area contributed by atoms with Crippen molar-refractivity contribution >= 4 is 16.9 Å². The number of pyridine rings is 1. The first-order valence-electron chi connectivity index (χ1n) is 10.5. The third-order valence-corrected chi connectivity index (χ3v) is 5.15. The number of hydrogen-bond acceptors (Lipinski definition) is 6. The molecule has 0 aliphatic heterocycles. The smallest absolute Gasteiger partial charge is 0.310 e. The van der Waals surface area contributed by atoms with Gasteiger partial charge < -0.3 is 19.6 Å². The first-order valence-corrected chi connectivity index (χ1v) is 10.5. The average molecular weight is 470 g/mol. The summed E-state index contributed by atoms with van der Waals surface area (Å²) in [6.45, 7) is 1.75. The molecule has 2 heterocycles. The number of halogens is 3. The van der Waals surface area contributed by atoms with Crippen molar-refractivity contribution in [3.63, 3.8) is 0 Å². The van der Waals surface area contributed by atoms with Gasteiger partial charge in [0.25, 0.3) is 6.01 Å². The molecule has 0 aliphatic carbocycles. The van der Waals surface area contributed by atoms with Crippen molar-refractivity contribution < 1.29 is 31.9 Å². The number of esters is 1. The van der Waals surface area contributed by atoms with Crippen LogP contribution in [0.15, 0.2) is 53.1 Å². The summed E-state index contributed by atoms with van der Waals surface area (Å²) in [5.74, 6) is -1.38. The van der Waals surface area contributed by atoms with Crippen LogP contribution in [0.2, 0.25) is 0 Å². The number of nitrogens with zero attached hydrogens (tertiary/aromatic N) is 1. The lowest BCUT2D eigenvalue weighted by Gasteiger charge is -2.13. The van der Waals surface area contributed by atoms with Gasteiger partial charge in [0.2, 0.25) is 0 Å². The summed E-state index contributed by atoms with van der Waals surface area (Å²) >= 11 is 0. The minimum Gasteiger partial charge on any atom is -0.489 e. The molecule has 6 nitrogen and oxygen atoms in total. The first-order chi connectivity index (χ1) is 16.4. The topological polar surface area (TPSA) is 87.6 Å². The number of ether oxygens (including phenoxy) is 2. The zero-order valence-electron chi connectivity index (χ0n) is 18.2. The second-order valence-electron chi connectivity index (χ2n) is 7.46. The van der Waals surface area contributed by atoms with Crippen LogP contribution in [0.4, 0.5) is 13.2 Å². The van der Waals surface area contributed by atoms with E-state index in [1.165, 1.54) is 36.5 Å². The predicted molar refractivity (Wildman–Crippen MR) is 118 cm³/mol. The first kappa shape index (κ1) is 23.3. The van der Waals surface area contributed by atoms with Gasteiger partial charge in [-0.3, -0.25) is 9.78 Å². The van der Waals surface area contributed by atoms with Crippen LogP contribution < -0.4 is 10.5 Å². The van der Waals surface area contributed by atoms with Gasteiger partial charge in [-0.1, -0.05) is 0 Å². The van der Waals surface area contributed by atoms with E-state index in [1.54, 1.807) is 19.1 Å². The molecule has 0 spiro atoms. The maximum absolute atomic E-state index is 15.0. The van der Waals surface area contributed by atoms with E-state index in [9.17, 15) is 18.0 Å². The van der Waals surface area contributed by atoms with Crippen molar-refractivity contribution in [2.24, 2.45) is 5.73 Å². The molecule has 2 aromatic heterocycles. The molecule has 0 atom stereocenters. The van der Waals surface area contributed by atoms with Gasteiger partial charge >= 0.3 is 5.97 Å². The Balaban J connectivity index is 1.69. The Labute approximate surface area is 193 Å². The number of nitrogens with two attached hydrogens (primary N) is 1. The van der Waals surface area contributed by atoms with Crippen molar-refractivity contribution in [2.45, 2.75) is 26.5 Å². The maximum atomic E-state index is 15.0. The number of fused-ring (bicyclic) bond motifs is 1. The summed E-state index contributed by atoms with van der Waals surface area (Å²) in [5, 5.41) is 0.407. The fourth-order valence-corrected chi connectivity index (χ4v) is 3.66. The van der Waals surface area contributed by atoms with Crippen molar-refractivity contribution in [1.29, 1.82) is 0 Å². The minimum absolute atomic E-state index is 0.0202. The summed E-state index contributed by atoms with van der Waals surface area (Å²) < 4.78 is 58.6. The molecule has 0 saturated carbocycles. The van der Waals surface area contributed by atoms with E-state index >= 15 is 0 Å². The Bertz CT molecular complexity index is 1350. The third-order valence-electron chi connectivity index (χ3n) is 5.15. The predicted octanol–water partition coefficient (Wildman–Crippen LogP) is 5.06. The lowest BCUT2D eigenvalue weighted by Crippen LogP contribution is -2.09. The van der Waals surface area contributed by atoms with Crippen LogP contribution in [0.5, 0.6) is 5.75 Å². The van der Waals surface area contributed by atoms with Crippen LogP contribution in [0.1, 0.15) is 23.7 Å². The highest BCUT2D eigenvalue weighted by Crippen LogP contribution is 2.34. The molecule has 0 bridgehead atoms. The van der Waals surface area contributed by atoms with E-state index in [-0.39, 0.29) is 48.8 Å². The molecule has 0 saturated heterocycles. The largest absolute Gasteiger partial charge is 0.489 e. The second-order valence-corrected chi connectivity index (χ2v) is 7.46. The summed E-state index contributed by atoms with van der Waals surface area (Å²) in [6.07, 6.45) is 1.25. The van der Waals surface area contributed by atoms with Gasteiger partial charge in [0.05, 0.1) is 18.7 Å². The van der Waals surface area contributed by atoms with Crippen LogP contribution >= 0.6 is 0 Å². The number of carbonyl (C=O) groups excluding carboxylic acids is 1. The summed E-state index contributed by atoms with van der Waals surface area (Å²) in [7, 11) is 0. The molecule has 2 aromatic carbocycles. The van der Waals surface area contributed by atoms with Gasteiger partial charge in [-0.05, 0) is 48.9 Å². The van der Waals surface area contributed by atoms with E-state index < -0.39 is 23.6 Å². The third kappa shape index (κ3) is 4.89. The fourth-order valence-electron chi connectivity index (χ4n) is 3.66. The molecule has 0 amide bonds. The van der Waals surface area contributed by atoms with Gasteiger partial charge in [-0.15, -0.1) is 0 Å². The van der Waals surface area contributed by atoms with E-state index in [1.807, 2.05) is 0 Å². The Morgan fingerprint density at radius 1 is 1.09 bits per heavy atom. The number of furan rings is 1. The second kappa shape index (κ2) is 9.96. The molecular formula is C25H21F3N2O4. The SMILES string of the molecule is CCOC(=O)Cc1cc(F)ccc1OCc1cc(-c2ccnc(CN)c2F)c2oc(F)cc2c1. The van der Waals surface area contributed by atoms with Crippen molar-refractivity contribution in [1.82, 2.24) is 4.98 Å². The van der Waals surface area contributed by atoms with E-state index in [4.69, 9.17) is 19.6 Å². The Kier molecular flexibility index (Phi) is 6.83. The number of benzene rings is 2. The lowest BCUT2D eigenvalue weighted by molar-refractivity contribution is -0.142. The highest BCUT2D eigenvalue weighted by molar-refractivity contribution is 5.93. The van der Waals surface area contributed by atoms with Crippen LogP contribution in [0.25, 0.3) is 22.1 Å². The Morgan fingerprint density at radius 2 is 1.91 bits per heavy atom. The van der Waals surface area contributed by atoms with E-state index in [2.05, 4.69) is 4.98 Å². The average Bonchev–Trinajstić information content (AvgIpc) is 3.18. The fraction of sp³-hybridized carbons (Fsp3) is 0.200. The highest BCUT2D eigenvalue weighted by atomic mass is 19.1. The minimum atomic E-state index is -0.821.